The van der Waals surface area contributed by atoms with Crippen LogP contribution in [0.2, 0.25) is 0 Å². The molecule has 0 fully saturated rings. The highest BCUT2D eigenvalue weighted by molar-refractivity contribution is 5.32. The molecule has 3 aromatic rings. The van der Waals surface area contributed by atoms with Crippen molar-refractivity contribution >= 4 is 0 Å². The van der Waals surface area contributed by atoms with Crippen LogP contribution in [0.5, 0.6) is 23.1 Å². The molecule has 2 heterocycles. The highest BCUT2D eigenvalue weighted by atomic mass is 16.5. The van der Waals surface area contributed by atoms with Gasteiger partial charge in [0, 0.05) is 18.5 Å². The SMILES string of the molecule is [c]1c(Oc2cccnc2)ccnc1Oc1ccccc1. The average molecular weight is 263 g/mol. The van der Waals surface area contributed by atoms with Crippen molar-refractivity contribution in [2.45, 2.75) is 0 Å². The van der Waals surface area contributed by atoms with Gasteiger partial charge in [0.05, 0.1) is 12.3 Å². The van der Waals surface area contributed by atoms with E-state index in [2.05, 4.69) is 16.0 Å². The highest BCUT2D eigenvalue weighted by Crippen LogP contribution is 2.24. The van der Waals surface area contributed by atoms with Crippen LogP contribution in [-0.2, 0) is 0 Å². The minimum absolute atomic E-state index is 0.359. The third kappa shape index (κ3) is 3.11. The summed E-state index contributed by atoms with van der Waals surface area (Å²) in [5, 5.41) is 0. The van der Waals surface area contributed by atoms with Crippen molar-refractivity contribution in [2.75, 3.05) is 0 Å². The topological polar surface area (TPSA) is 44.2 Å². The van der Waals surface area contributed by atoms with E-state index < -0.39 is 0 Å². The Morgan fingerprint density at radius 1 is 0.800 bits per heavy atom. The standard InChI is InChI=1S/C16H11N2O2/c1-2-5-13(6-3-1)20-16-11-14(8-10-18-16)19-15-7-4-9-17-12-15/h1-10,12H. The van der Waals surface area contributed by atoms with Gasteiger partial charge in [-0.2, -0.15) is 0 Å². The Morgan fingerprint density at radius 2 is 1.65 bits per heavy atom. The van der Waals surface area contributed by atoms with Gasteiger partial charge in [-0.05, 0) is 24.3 Å². The van der Waals surface area contributed by atoms with Crippen molar-refractivity contribution in [3.05, 3.63) is 73.2 Å². The van der Waals surface area contributed by atoms with E-state index >= 15 is 0 Å². The van der Waals surface area contributed by atoms with Crippen LogP contribution >= 0.6 is 0 Å². The molecule has 4 nitrogen and oxygen atoms in total. The van der Waals surface area contributed by atoms with Crippen LogP contribution in [-0.4, -0.2) is 9.97 Å². The maximum atomic E-state index is 5.62. The summed E-state index contributed by atoms with van der Waals surface area (Å²) in [6.45, 7) is 0. The van der Waals surface area contributed by atoms with Gasteiger partial charge >= 0.3 is 0 Å². The van der Waals surface area contributed by atoms with Gasteiger partial charge in [-0.3, -0.25) is 4.98 Å². The van der Waals surface area contributed by atoms with Gasteiger partial charge in [-0.15, -0.1) is 0 Å². The van der Waals surface area contributed by atoms with E-state index in [1.54, 1.807) is 30.7 Å². The summed E-state index contributed by atoms with van der Waals surface area (Å²) in [6.07, 6.45) is 4.93. The second-order valence-corrected chi connectivity index (χ2v) is 3.95. The van der Waals surface area contributed by atoms with E-state index in [-0.39, 0.29) is 0 Å². The molecule has 0 atom stereocenters. The molecule has 2 aromatic heterocycles. The van der Waals surface area contributed by atoms with Gasteiger partial charge in [0.15, 0.2) is 0 Å². The normalized spacial score (nSPS) is 10.0. The zero-order chi connectivity index (χ0) is 13.6. The summed E-state index contributed by atoms with van der Waals surface area (Å²) in [7, 11) is 0. The van der Waals surface area contributed by atoms with Gasteiger partial charge in [-0.1, -0.05) is 18.2 Å². The first-order chi connectivity index (χ1) is 9.90. The predicted octanol–water partition coefficient (Wildman–Crippen LogP) is 3.86. The summed E-state index contributed by atoms with van der Waals surface area (Å²) in [5.74, 6) is 2.23. The van der Waals surface area contributed by atoms with Crippen LogP contribution in [0.15, 0.2) is 67.1 Å². The zero-order valence-corrected chi connectivity index (χ0v) is 10.6. The molecule has 3 rings (SSSR count). The minimum atomic E-state index is 0.359. The fraction of sp³-hybridized carbons (Fsp3) is 0. The smallest absolute Gasteiger partial charge is 0.231 e. The molecule has 97 valence electrons. The Hall–Kier alpha value is -2.88. The lowest BCUT2D eigenvalue weighted by atomic mass is 10.3. The number of nitrogens with zero attached hydrogens (tertiary/aromatic N) is 2. The maximum absolute atomic E-state index is 5.62. The molecule has 0 aliphatic rings. The van der Waals surface area contributed by atoms with Crippen molar-refractivity contribution in [1.82, 2.24) is 9.97 Å². The van der Waals surface area contributed by atoms with Crippen molar-refractivity contribution in [3.8, 4) is 23.1 Å². The van der Waals surface area contributed by atoms with Gasteiger partial charge in [0.2, 0.25) is 5.88 Å². The van der Waals surface area contributed by atoms with E-state index in [1.807, 2.05) is 36.4 Å². The number of benzene rings is 1. The first-order valence-electron chi connectivity index (χ1n) is 6.09. The largest absolute Gasteiger partial charge is 0.455 e. The quantitative estimate of drug-likeness (QED) is 0.717. The van der Waals surface area contributed by atoms with Crippen molar-refractivity contribution < 1.29 is 9.47 Å². The molecular weight excluding hydrogens is 252 g/mol. The third-order valence-electron chi connectivity index (χ3n) is 2.47. The molecule has 0 saturated heterocycles. The fourth-order valence-electron chi connectivity index (χ4n) is 1.60. The van der Waals surface area contributed by atoms with Gasteiger partial charge in [-0.25, -0.2) is 4.98 Å². The van der Waals surface area contributed by atoms with Crippen LogP contribution in [0.1, 0.15) is 0 Å². The van der Waals surface area contributed by atoms with E-state index in [4.69, 9.17) is 9.47 Å². The van der Waals surface area contributed by atoms with Gasteiger partial charge in [0.25, 0.3) is 0 Å². The van der Waals surface area contributed by atoms with E-state index in [0.29, 0.717) is 23.1 Å². The molecule has 0 unspecified atom stereocenters. The molecule has 0 aliphatic carbocycles. The summed E-state index contributed by atoms with van der Waals surface area (Å²) in [5.41, 5.74) is 0. The minimum Gasteiger partial charge on any atom is -0.455 e. The third-order valence-corrected chi connectivity index (χ3v) is 2.47. The Labute approximate surface area is 116 Å². The molecule has 20 heavy (non-hydrogen) atoms. The summed E-state index contributed by atoms with van der Waals surface area (Å²) >= 11 is 0. The molecule has 0 spiro atoms. The highest BCUT2D eigenvalue weighted by Gasteiger charge is 2.03. The zero-order valence-electron chi connectivity index (χ0n) is 10.6. The van der Waals surface area contributed by atoms with Crippen LogP contribution in [0.4, 0.5) is 0 Å². The summed E-state index contributed by atoms with van der Waals surface area (Å²) in [6, 6.07) is 17.7. The molecule has 1 radical (unpaired) electrons. The van der Waals surface area contributed by atoms with E-state index in [0.717, 1.165) is 0 Å². The lowest BCUT2D eigenvalue weighted by Gasteiger charge is -2.07. The molecule has 1 aromatic carbocycles. The second-order valence-electron chi connectivity index (χ2n) is 3.95. The van der Waals surface area contributed by atoms with Crippen LogP contribution < -0.4 is 9.47 Å². The first-order valence-corrected chi connectivity index (χ1v) is 6.09. The van der Waals surface area contributed by atoms with Crippen molar-refractivity contribution in [3.63, 3.8) is 0 Å². The number of para-hydroxylation sites is 1. The number of pyridine rings is 2. The number of hydrogen-bond acceptors (Lipinski definition) is 4. The number of rotatable bonds is 4. The number of aromatic nitrogens is 2. The Balaban J connectivity index is 1.76. The van der Waals surface area contributed by atoms with Crippen LogP contribution in [0, 0.1) is 6.07 Å². The number of ether oxygens (including phenoxy) is 2. The first kappa shape index (κ1) is 12.2. The van der Waals surface area contributed by atoms with Crippen LogP contribution in [0.3, 0.4) is 0 Å². The molecule has 4 heteroatoms. The van der Waals surface area contributed by atoms with Crippen molar-refractivity contribution in [1.29, 1.82) is 0 Å². The maximum Gasteiger partial charge on any atom is 0.231 e. The average Bonchev–Trinajstić information content (AvgIpc) is 2.50. The van der Waals surface area contributed by atoms with E-state index in [1.165, 1.54) is 0 Å². The molecular formula is C16H11N2O2. The Bertz CT molecular complexity index is 616. The van der Waals surface area contributed by atoms with E-state index in [9.17, 15) is 0 Å². The monoisotopic (exact) mass is 263 g/mol. The lowest BCUT2D eigenvalue weighted by molar-refractivity contribution is 0.443. The second kappa shape index (κ2) is 5.84. The molecule has 0 aliphatic heterocycles. The van der Waals surface area contributed by atoms with Gasteiger partial charge in [0.1, 0.15) is 17.2 Å². The summed E-state index contributed by atoms with van der Waals surface area (Å²) < 4.78 is 11.2. The van der Waals surface area contributed by atoms with Crippen molar-refractivity contribution in [2.24, 2.45) is 0 Å². The molecule has 0 saturated carbocycles. The Kier molecular flexibility index (Phi) is 3.55. The lowest BCUT2D eigenvalue weighted by Crippen LogP contribution is -1.90. The fourth-order valence-corrected chi connectivity index (χ4v) is 1.60. The molecule has 0 bridgehead atoms. The predicted molar refractivity (Wildman–Crippen MR) is 73.9 cm³/mol. The molecule has 0 N–H and O–H groups in total. The Morgan fingerprint density at radius 3 is 2.45 bits per heavy atom. The summed E-state index contributed by atoms with van der Waals surface area (Å²) in [4.78, 5) is 8.09. The van der Waals surface area contributed by atoms with Crippen LogP contribution in [0.25, 0.3) is 0 Å². The van der Waals surface area contributed by atoms with Gasteiger partial charge < -0.3 is 9.47 Å². The number of hydrogen-bond donors (Lipinski definition) is 0. The molecule has 0 amide bonds.